The van der Waals surface area contributed by atoms with E-state index in [9.17, 15) is 13.2 Å². The van der Waals surface area contributed by atoms with Gasteiger partial charge >= 0.3 is 5.97 Å². The van der Waals surface area contributed by atoms with Crippen LogP contribution < -0.4 is 0 Å². The molecule has 1 fully saturated rings. The van der Waals surface area contributed by atoms with E-state index in [2.05, 4.69) is 4.98 Å². The van der Waals surface area contributed by atoms with Crippen LogP contribution in [0.3, 0.4) is 0 Å². The van der Waals surface area contributed by atoms with E-state index >= 15 is 0 Å². The lowest BCUT2D eigenvalue weighted by molar-refractivity contribution is -0.139. The van der Waals surface area contributed by atoms with Crippen molar-refractivity contribution in [2.75, 3.05) is 19.8 Å². The number of morpholine rings is 1. The van der Waals surface area contributed by atoms with Gasteiger partial charge in [-0.05, 0) is 12.1 Å². The molecule has 1 aliphatic heterocycles. The predicted octanol–water partition coefficient (Wildman–Crippen LogP) is -0.183. The molecule has 1 saturated heterocycles. The summed E-state index contributed by atoms with van der Waals surface area (Å²) in [5.41, 5.74) is -0.210. The number of carbonyl (C=O) groups is 1. The highest BCUT2D eigenvalue weighted by Gasteiger charge is 2.36. The third-order valence-corrected chi connectivity index (χ3v) is 5.03. The van der Waals surface area contributed by atoms with Crippen LogP contribution in [0.2, 0.25) is 0 Å². The van der Waals surface area contributed by atoms with Crippen LogP contribution in [0, 0.1) is 11.3 Å². The van der Waals surface area contributed by atoms with E-state index in [4.69, 9.17) is 15.1 Å². The molecule has 0 radical (unpaired) electrons. The van der Waals surface area contributed by atoms with Crippen molar-refractivity contribution in [3.05, 3.63) is 24.0 Å². The monoisotopic (exact) mass is 311 g/mol. The molecule has 21 heavy (non-hydrogen) atoms. The molecular weight excluding hydrogens is 298 g/mol. The normalized spacial score (nSPS) is 19.9. The Kier molecular flexibility index (Phi) is 4.52. The fourth-order valence-corrected chi connectivity index (χ4v) is 3.82. The molecule has 1 N–H and O–H groups in total. The first-order valence-electron chi connectivity index (χ1n) is 6.13. The summed E-state index contributed by atoms with van der Waals surface area (Å²) in [6, 6.07) is 3.64. The first-order valence-corrected chi connectivity index (χ1v) is 7.57. The fraction of sp³-hybridized carbons (Fsp3) is 0.417. The van der Waals surface area contributed by atoms with Crippen molar-refractivity contribution >= 4 is 16.0 Å². The summed E-state index contributed by atoms with van der Waals surface area (Å²) in [5, 5.41) is 17.9. The lowest BCUT2D eigenvalue weighted by Crippen LogP contribution is -2.49. The van der Waals surface area contributed by atoms with Gasteiger partial charge in [0.05, 0.1) is 25.7 Å². The summed E-state index contributed by atoms with van der Waals surface area (Å²) < 4.78 is 31.5. The Balaban J connectivity index is 2.41. The summed E-state index contributed by atoms with van der Waals surface area (Å²) >= 11 is 0. The number of hydrogen-bond donors (Lipinski definition) is 1. The van der Waals surface area contributed by atoms with Gasteiger partial charge in [0.1, 0.15) is 11.0 Å². The molecule has 1 aromatic heterocycles. The summed E-state index contributed by atoms with van der Waals surface area (Å²) in [7, 11) is -3.99. The highest BCUT2D eigenvalue weighted by atomic mass is 32.2. The Labute approximate surface area is 121 Å². The summed E-state index contributed by atoms with van der Waals surface area (Å²) in [6.45, 7) is 0.227. The van der Waals surface area contributed by atoms with Crippen molar-refractivity contribution < 1.29 is 23.1 Å². The van der Waals surface area contributed by atoms with Crippen LogP contribution in [-0.4, -0.2) is 54.6 Å². The summed E-state index contributed by atoms with van der Waals surface area (Å²) in [4.78, 5) is 14.4. The van der Waals surface area contributed by atoms with Crippen LogP contribution in [0.25, 0.3) is 0 Å². The molecule has 8 nitrogen and oxygen atoms in total. The second-order valence-corrected chi connectivity index (χ2v) is 6.26. The average molecular weight is 311 g/mol. The maximum Gasteiger partial charge on any atom is 0.305 e. The zero-order chi connectivity index (χ0) is 15.5. The van der Waals surface area contributed by atoms with Gasteiger partial charge in [-0.2, -0.15) is 9.57 Å². The van der Waals surface area contributed by atoms with Crippen molar-refractivity contribution in [2.24, 2.45) is 0 Å². The zero-order valence-electron chi connectivity index (χ0n) is 11.0. The van der Waals surface area contributed by atoms with Gasteiger partial charge in [-0.15, -0.1) is 0 Å². The standard InChI is InChI=1S/C12H13N3O5S/c13-7-10-11(2-1-3-14-10)21(18,19)15-4-5-20-8-9(15)6-12(16)17/h1-3,9H,4-6,8H2,(H,16,17). The first kappa shape index (κ1) is 15.4. The van der Waals surface area contributed by atoms with E-state index in [1.165, 1.54) is 18.3 Å². The number of pyridine rings is 1. The smallest absolute Gasteiger partial charge is 0.305 e. The Hall–Kier alpha value is -2.02. The van der Waals surface area contributed by atoms with Gasteiger partial charge in [-0.3, -0.25) is 4.79 Å². The molecule has 1 atom stereocenters. The average Bonchev–Trinajstić information content (AvgIpc) is 2.47. The van der Waals surface area contributed by atoms with Crippen LogP contribution in [0.1, 0.15) is 12.1 Å². The van der Waals surface area contributed by atoms with E-state index in [1.807, 2.05) is 0 Å². The van der Waals surface area contributed by atoms with Crippen molar-refractivity contribution in [1.82, 2.24) is 9.29 Å². The lowest BCUT2D eigenvalue weighted by atomic mass is 10.2. The van der Waals surface area contributed by atoms with E-state index in [1.54, 1.807) is 6.07 Å². The maximum atomic E-state index is 12.6. The zero-order valence-corrected chi connectivity index (χ0v) is 11.8. The largest absolute Gasteiger partial charge is 0.481 e. The van der Waals surface area contributed by atoms with Crippen LogP contribution in [0.15, 0.2) is 23.2 Å². The molecule has 9 heteroatoms. The number of rotatable bonds is 4. The van der Waals surface area contributed by atoms with Gasteiger partial charge in [-0.25, -0.2) is 13.4 Å². The highest BCUT2D eigenvalue weighted by molar-refractivity contribution is 7.89. The molecular formula is C12H13N3O5S. The minimum absolute atomic E-state index is 0.00762. The Morgan fingerprint density at radius 2 is 2.38 bits per heavy atom. The minimum Gasteiger partial charge on any atom is -0.481 e. The van der Waals surface area contributed by atoms with Gasteiger partial charge in [0.25, 0.3) is 0 Å². The Morgan fingerprint density at radius 1 is 1.62 bits per heavy atom. The van der Waals surface area contributed by atoms with Gasteiger partial charge < -0.3 is 9.84 Å². The number of hydrogen-bond acceptors (Lipinski definition) is 6. The van der Waals surface area contributed by atoms with Gasteiger partial charge in [0.15, 0.2) is 5.69 Å². The van der Waals surface area contributed by atoms with E-state index in [0.29, 0.717) is 0 Å². The minimum atomic E-state index is -3.99. The first-order chi connectivity index (χ1) is 9.96. The van der Waals surface area contributed by atoms with Gasteiger partial charge in [0.2, 0.25) is 10.0 Å². The van der Waals surface area contributed by atoms with E-state index < -0.39 is 22.0 Å². The SMILES string of the molecule is N#Cc1ncccc1S(=O)(=O)N1CCOCC1CC(=O)O. The van der Waals surface area contributed by atoms with Crippen LogP contribution in [0.5, 0.6) is 0 Å². The maximum absolute atomic E-state index is 12.6. The molecule has 0 saturated carbocycles. The molecule has 2 rings (SSSR count). The van der Waals surface area contributed by atoms with E-state index in [-0.39, 0.29) is 36.8 Å². The Morgan fingerprint density at radius 3 is 3.05 bits per heavy atom. The molecule has 0 spiro atoms. The summed E-state index contributed by atoms with van der Waals surface area (Å²) in [6.07, 6.45) is 0.965. The fourth-order valence-electron chi connectivity index (χ4n) is 2.13. The van der Waals surface area contributed by atoms with Crippen molar-refractivity contribution in [1.29, 1.82) is 5.26 Å². The van der Waals surface area contributed by atoms with Gasteiger partial charge in [0, 0.05) is 12.7 Å². The lowest BCUT2D eigenvalue weighted by Gasteiger charge is -2.33. The molecule has 0 bridgehead atoms. The molecule has 112 valence electrons. The van der Waals surface area contributed by atoms with E-state index in [0.717, 1.165) is 4.31 Å². The molecule has 1 aromatic rings. The molecule has 0 aliphatic carbocycles. The Bertz CT molecular complexity index is 682. The van der Waals surface area contributed by atoms with Gasteiger partial charge in [-0.1, -0.05) is 0 Å². The topological polar surface area (TPSA) is 121 Å². The molecule has 0 aromatic carbocycles. The molecule has 1 unspecified atom stereocenters. The van der Waals surface area contributed by atoms with Crippen LogP contribution in [-0.2, 0) is 19.6 Å². The van der Waals surface area contributed by atoms with Crippen molar-refractivity contribution in [2.45, 2.75) is 17.4 Å². The van der Waals surface area contributed by atoms with Crippen LogP contribution in [0.4, 0.5) is 0 Å². The number of aliphatic carboxylic acids is 1. The second kappa shape index (κ2) is 6.17. The number of sulfonamides is 1. The quantitative estimate of drug-likeness (QED) is 0.818. The molecule has 0 amide bonds. The summed E-state index contributed by atoms with van der Waals surface area (Å²) in [5.74, 6) is -1.11. The van der Waals surface area contributed by atoms with Crippen molar-refractivity contribution in [3.8, 4) is 6.07 Å². The third-order valence-electron chi connectivity index (χ3n) is 3.05. The number of carboxylic acid groups (broad SMARTS) is 1. The highest BCUT2D eigenvalue weighted by Crippen LogP contribution is 2.23. The number of nitriles is 1. The predicted molar refractivity (Wildman–Crippen MR) is 69.7 cm³/mol. The number of nitrogens with zero attached hydrogens (tertiary/aromatic N) is 3. The molecule has 1 aliphatic rings. The number of ether oxygens (including phenoxy) is 1. The van der Waals surface area contributed by atoms with Crippen molar-refractivity contribution in [3.63, 3.8) is 0 Å². The van der Waals surface area contributed by atoms with Crippen LogP contribution >= 0.6 is 0 Å². The number of aromatic nitrogens is 1. The second-order valence-electron chi connectivity index (χ2n) is 4.40. The molecule has 2 heterocycles. The number of carboxylic acids is 1. The third kappa shape index (κ3) is 3.18.